The topological polar surface area (TPSA) is 50.4 Å². The van der Waals surface area contributed by atoms with Crippen LogP contribution in [-0.4, -0.2) is 31.7 Å². The van der Waals surface area contributed by atoms with E-state index in [9.17, 15) is 4.79 Å². The Kier molecular flexibility index (Phi) is 6.58. The lowest BCUT2D eigenvalue weighted by Gasteiger charge is -2.23. The number of anilines is 1. The Morgan fingerprint density at radius 1 is 1.58 bits per heavy atom. The van der Waals surface area contributed by atoms with Crippen LogP contribution in [-0.2, 0) is 9.53 Å². The van der Waals surface area contributed by atoms with Crippen molar-refractivity contribution in [2.45, 2.75) is 19.4 Å². The lowest BCUT2D eigenvalue weighted by atomic mass is 10.1. The standard InChI is InChI=1S/C13H17ClN2O2.ClH/c1-9-2-3-10(14)6-12(9)16-13(17)7-11-8-18-5-4-15-11;/h2-3,6,11,15H,4-5,7-8H2,1H3,(H,16,17);1H. The van der Waals surface area contributed by atoms with E-state index < -0.39 is 0 Å². The number of rotatable bonds is 3. The number of aryl methyl sites for hydroxylation is 1. The molecule has 1 atom stereocenters. The van der Waals surface area contributed by atoms with Crippen molar-refractivity contribution in [1.29, 1.82) is 0 Å². The summed E-state index contributed by atoms with van der Waals surface area (Å²) in [6.07, 6.45) is 0.409. The van der Waals surface area contributed by atoms with Gasteiger partial charge in [-0.15, -0.1) is 12.4 Å². The molecule has 4 nitrogen and oxygen atoms in total. The molecule has 1 aliphatic rings. The molecule has 106 valence electrons. The highest BCUT2D eigenvalue weighted by Crippen LogP contribution is 2.20. The summed E-state index contributed by atoms with van der Waals surface area (Å²) in [5.74, 6) is -0.0247. The summed E-state index contributed by atoms with van der Waals surface area (Å²) >= 11 is 5.91. The molecule has 1 unspecified atom stereocenters. The summed E-state index contributed by atoms with van der Waals surface area (Å²) < 4.78 is 5.31. The first-order valence-corrected chi connectivity index (χ1v) is 6.40. The molecule has 1 aromatic carbocycles. The van der Waals surface area contributed by atoms with Gasteiger partial charge >= 0.3 is 0 Å². The Hall–Kier alpha value is -0.810. The monoisotopic (exact) mass is 304 g/mol. The Labute approximate surface area is 124 Å². The number of ether oxygens (including phenoxy) is 1. The van der Waals surface area contributed by atoms with Crippen LogP contribution in [0.4, 0.5) is 5.69 Å². The van der Waals surface area contributed by atoms with E-state index in [1.807, 2.05) is 19.1 Å². The molecule has 0 bridgehead atoms. The maximum atomic E-state index is 11.9. The van der Waals surface area contributed by atoms with Crippen molar-refractivity contribution < 1.29 is 9.53 Å². The zero-order valence-electron chi connectivity index (χ0n) is 10.7. The zero-order valence-corrected chi connectivity index (χ0v) is 12.3. The fourth-order valence-electron chi connectivity index (χ4n) is 1.90. The molecule has 0 spiro atoms. The van der Waals surface area contributed by atoms with Gasteiger partial charge in [-0.1, -0.05) is 17.7 Å². The lowest BCUT2D eigenvalue weighted by molar-refractivity contribution is -0.117. The van der Waals surface area contributed by atoms with E-state index in [2.05, 4.69) is 10.6 Å². The Balaban J connectivity index is 0.00000180. The van der Waals surface area contributed by atoms with Gasteiger partial charge in [-0.05, 0) is 24.6 Å². The van der Waals surface area contributed by atoms with E-state index in [0.29, 0.717) is 24.7 Å². The summed E-state index contributed by atoms with van der Waals surface area (Å²) in [6, 6.07) is 5.56. The predicted octanol–water partition coefficient (Wildman–Crippen LogP) is 2.39. The maximum absolute atomic E-state index is 11.9. The lowest BCUT2D eigenvalue weighted by Crippen LogP contribution is -2.43. The molecule has 1 aromatic rings. The summed E-state index contributed by atoms with van der Waals surface area (Å²) in [6.45, 7) is 4.04. The molecule has 0 radical (unpaired) electrons. The number of benzene rings is 1. The van der Waals surface area contributed by atoms with Crippen molar-refractivity contribution in [2.75, 3.05) is 25.1 Å². The molecule has 1 amide bonds. The quantitative estimate of drug-likeness (QED) is 0.901. The van der Waals surface area contributed by atoms with Crippen molar-refractivity contribution in [3.63, 3.8) is 0 Å². The normalized spacial score (nSPS) is 18.5. The fourth-order valence-corrected chi connectivity index (χ4v) is 2.08. The highest BCUT2D eigenvalue weighted by atomic mass is 35.5. The van der Waals surface area contributed by atoms with Crippen molar-refractivity contribution in [1.82, 2.24) is 5.32 Å². The van der Waals surface area contributed by atoms with Crippen LogP contribution in [0.5, 0.6) is 0 Å². The number of hydrogen-bond donors (Lipinski definition) is 2. The highest BCUT2D eigenvalue weighted by molar-refractivity contribution is 6.31. The summed E-state index contributed by atoms with van der Waals surface area (Å²) in [4.78, 5) is 11.9. The molecule has 1 fully saturated rings. The third-order valence-electron chi connectivity index (χ3n) is 2.90. The van der Waals surface area contributed by atoms with Crippen LogP contribution in [0.15, 0.2) is 18.2 Å². The van der Waals surface area contributed by atoms with Gasteiger partial charge in [0.15, 0.2) is 0 Å². The minimum Gasteiger partial charge on any atom is -0.378 e. The molecule has 1 saturated heterocycles. The van der Waals surface area contributed by atoms with Gasteiger partial charge in [0.2, 0.25) is 5.91 Å². The van der Waals surface area contributed by atoms with Crippen LogP contribution in [0.2, 0.25) is 5.02 Å². The SMILES string of the molecule is Cc1ccc(Cl)cc1NC(=O)CC1COCCN1.Cl. The molecule has 0 aromatic heterocycles. The first kappa shape index (κ1) is 16.2. The minimum absolute atomic E-state index is 0. The maximum Gasteiger partial charge on any atom is 0.226 e. The second-order valence-electron chi connectivity index (χ2n) is 4.44. The van der Waals surface area contributed by atoms with Gasteiger partial charge in [-0.2, -0.15) is 0 Å². The highest BCUT2D eigenvalue weighted by Gasteiger charge is 2.17. The Morgan fingerprint density at radius 2 is 2.37 bits per heavy atom. The van der Waals surface area contributed by atoms with Crippen molar-refractivity contribution >= 4 is 35.6 Å². The molecule has 1 heterocycles. The molecule has 19 heavy (non-hydrogen) atoms. The van der Waals surface area contributed by atoms with Crippen LogP contribution in [0.3, 0.4) is 0 Å². The van der Waals surface area contributed by atoms with Crippen LogP contribution in [0, 0.1) is 6.92 Å². The third kappa shape index (κ3) is 4.99. The Bertz CT molecular complexity index is 435. The first-order chi connectivity index (χ1) is 8.65. The summed E-state index contributed by atoms with van der Waals surface area (Å²) in [7, 11) is 0. The molecule has 0 saturated carbocycles. The molecular weight excluding hydrogens is 287 g/mol. The van der Waals surface area contributed by atoms with Gasteiger partial charge in [0.05, 0.1) is 13.2 Å². The smallest absolute Gasteiger partial charge is 0.226 e. The largest absolute Gasteiger partial charge is 0.378 e. The van der Waals surface area contributed by atoms with Gasteiger partial charge in [0, 0.05) is 29.7 Å². The molecule has 2 rings (SSSR count). The van der Waals surface area contributed by atoms with E-state index in [4.69, 9.17) is 16.3 Å². The number of carbonyl (C=O) groups is 1. The second-order valence-corrected chi connectivity index (χ2v) is 4.87. The average Bonchev–Trinajstić information content (AvgIpc) is 2.35. The van der Waals surface area contributed by atoms with Crippen molar-refractivity contribution in [3.05, 3.63) is 28.8 Å². The molecule has 0 aliphatic carbocycles. The summed E-state index contributed by atoms with van der Waals surface area (Å²) in [5.41, 5.74) is 1.77. The minimum atomic E-state index is -0.0247. The van der Waals surface area contributed by atoms with Crippen LogP contribution >= 0.6 is 24.0 Å². The number of morpholine rings is 1. The van der Waals surface area contributed by atoms with Crippen molar-refractivity contribution in [2.24, 2.45) is 0 Å². The third-order valence-corrected chi connectivity index (χ3v) is 3.14. The van der Waals surface area contributed by atoms with Gasteiger partial charge in [-0.3, -0.25) is 4.79 Å². The second kappa shape index (κ2) is 7.70. The van der Waals surface area contributed by atoms with Gasteiger partial charge in [0.1, 0.15) is 0 Å². The summed E-state index contributed by atoms with van der Waals surface area (Å²) in [5, 5.41) is 6.75. The number of carbonyl (C=O) groups excluding carboxylic acids is 1. The van der Waals surface area contributed by atoms with Crippen LogP contribution < -0.4 is 10.6 Å². The van der Waals surface area contributed by atoms with E-state index in [-0.39, 0.29) is 24.4 Å². The first-order valence-electron chi connectivity index (χ1n) is 6.02. The number of hydrogen-bond acceptors (Lipinski definition) is 3. The van der Waals surface area contributed by atoms with Crippen molar-refractivity contribution in [3.8, 4) is 0 Å². The predicted molar refractivity (Wildman–Crippen MR) is 79.3 cm³/mol. The molecular formula is C13H18Cl2N2O2. The molecule has 6 heteroatoms. The van der Waals surface area contributed by atoms with Gasteiger partial charge < -0.3 is 15.4 Å². The fraction of sp³-hybridized carbons (Fsp3) is 0.462. The van der Waals surface area contributed by atoms with E-state index in [0.717, 1.165) is 17.8 Å². The number of nitrogens with one attached hydrogen (secondary N) is 2. The van der Waals surface area contributed by atoms with Gasteiger partial charge in [0.25, 0.3) is 0 Å². The van der Waals surface area contributed by atoms with E-state index in [1.54, 1.807) is 6.07 Å². The van der Waals surface area contributed by atoms with E-state index in [1.165, 1.54) is 0 Å². The van der Waals surface area contributed by atoms with Gasteiger partial charge in [-0.25, -0.2) is 0 Å². The number of amides is 1. The van der Waals surface area contributed by atoms with Crippen LogP contribution in [0.25, 0.3) is 0 Å². The zero-order chi connectivity index (χ0) is 13.0. The average molecular weight is 305 g/mol. The molecule has 2 N–H and O–H groups in total. The van der Waals surface area contributed by atoms with Crippen LogP contribution in [0.1, 0.15) is 12.0 Å². The van der Waals surface area contributed by atoms with E-state index >= 15 is 0 Å². The molecule has 1 aliphatic heterocycles. The number of halogens is 2. The Morgan fingerprint density at radius 3 is 3.05 bits per heavy atom.